The molecule has 0 spiro atoms. The Bertz CT molecular complexity index is 450. The van der Waals surface area contributed by atoms with Gasteiger partial charge >= 0.3 is 0 Å². The highest BCUT2D eigenvalue weighted by atomic mass is 16.5. The molecule has 1 fully saturated rings. The second-order valence-corrected chi connectivity index (χ2v) is 6.07. The molecule has 122 valence electrons. The molecule has 2 rings (SSSR count). The average molecular weight is 304 g/mol. The van der Waals surface area contributed by atoms with Crippen LogP contribution < -0.4 is 0 Å². The molecule has 4 heteroatoms. The van der Waals surface area contributed by atoms with Crippen molar-refractivity contribution in [2.24, 2.45) is 0 Å². The smallest absolute Gasteiger partial charge is 0.223 e. The monoisotopic (exact) mass is 304 g/mol. The highest BCUT2D eigenvalue weighted by Gasteiger charge is 2.20. The summed E-state index contributed by atoms with van der Waals surface area (Å²) in [6.07, 6.45) is 1.76. The van der Waals surface area contributed by atoms with Gasteiger partial charge in [0.25, 0.3) is 0 Å². The van der Waals surface area contributed by atoms with E-state index in [-0.39, 0.29) is 5.91 Å². The maximum atomic E-state index is 12.1. The van der Waals surface area contributed by atoms with Crippen molar-refractivity contribution in [2.45, 2.75) is 25.7 Å². The molecule has 0 N–H and O–H groups in total. The zero-order valence-corrected chi connectivity index (χ0v) is 13.8. The Balaban J connectivity index is 1.78. The highest BCUT2D eigenvalue weighted by Crippen LogP contribution is 2.19. The Labute approximate surface area is 134 Å². The molecule has 1 aromatic carbocycles. The Kier molecular flexibility index (Phi) is 6.87. The molecule has 1 aliphatic rings. The lowest BCUT2D eigenvalue weighted by Gasteiger charge is -2.23. The van der Waals surface area contributed by atoms with Crippen LogP contribution in [0.15, 0.2) is 30.3 Å². The predicted molar refractivity (Wildman–Crippen MR) is 89.0 cm³/mol. The van der Waals surface area contributed by atoms with Crippen molar-refractivity contribution in [2.75, 3.05) is 46.4 Å². The van der Waals surface area contributed by atoms with Crippen LogP contribution in [0.2, 0.25) is 0 Å². The summed E-state index contributed by atoms with van der Waals surface area (Å²) in [5.74, 6) is 0.820. The Morgan fingerprint density at radius 3 is 2.64 bits per heavy atom. The maximum absolute atomic E-state index is 12.1. The third-order valence-corrected chi connectivity index (χ3v) is 4.49. The fourth-order valence-corrected chi connectivity index (χ4v) is 2.90. The van der Waals surface area contributed by atoms with Gasteiger partial charge in [-0.3, -0.25) is 4.79 Å². The zero-order valence-electron chi connectivity index (χ0n) is 13.8. The van der Waals surface area contributed by atoms with Gasteiger partial charge in [-0.2, -0.15) is 0 Å². The minimum Gasteiger partial charge on any atom is -0.383 e. The van der Waals surface area contributed by atoms with Gasteiger partial charge in [-0.25, -0.2) is 0 Å². The molecule has 1 aliphatic heterocycles. The molecule has 0 bridgehead atoms. The van der Waals surface area contributed by atoms with Crippen LogP contribution in [0.25, 0.3) is 0 Å². The van der Waals surface area contributed by atoms with Gasteiger partial charge in [0, 0.05) is 39.7 Å². The van der Waals surface area contributed by atoms with Crippen LogP contribution in [-0.2, 0) is 9.53 Å². The van der Waals surface area contributed by atoms with Crippen LogP contribution in [0, 0.1) is 0 Å². The molecule has 1 atom stereocenters. The zero-order chi connectivity index (χ0) is 15.8. The van der Waals surface area contributed by atoms with Crippen molar-refractivity contribution in [1.29, 1.82) is 0 Å². The van der Waals surface area contributed by atoms with Crippen LogP contribution in [0.3, 0.4) is 0 Å². The number of benzene rings is 1. The number of rotatable bonds is 7. The van der Waals surface area contributed by atoms with Crippen molar-refractivity contribution in [3.63, 3.8) is 0 Å². The van der Waals surface area contributed by atoms with E-state index in [1.165, 1.54) is 5.56 Å². The molecule has 0 aliphatic carbocycles. The number of hydrogen-bond acceptors (Lipinski definition) is 3. The van der Waals surface area contributed by atoms with Gasteiger partial charge in [0.1, 0.15) is 0 Å². The van der Waals surface area contributed by atoms with E-state index < -0.39 is 0 Å². The fourth-order valence-electron chi connectivity index (χ4n) is 2.90. The molecule has 4 nitrogen and oxygen atoms in total. The number of nitrogens with zero attached hydrogens (tertiary/aromatic N) is 2. The number of amides is 1. The van der Waals surface area contributed by atoms with Crippen molar-refractivity contribution in [1.82, 2.24) is 9.80 Å². The first-order valence-corrected chi connectivity index (χ1v) is 8.24. The molecule has 1 saturated heterocycles. The number of carbonyl (C=O) groups excluding carboxylic acids is 1. The quantitative estimate of drug-likeness (QED) is 0.775. The van der Waals surface area contributed by atoms with Crippen LogP contribution in [0.5, 0.6) is 0 Å². The minimum absolute atomic E-state index is 0.260. The van der Waals surface area contributed by atoms with E-state index in [0.717, 1.165) is 32.6 Å². The van der Waals surface area contributed by atoms with Gasteiger partial charge in [-0.1, -0.05) is 37.3 Å². The third-order valence-electron chi connectivity index (χ3n) is 4.49. The predicted octanol–water partition coefficient (Wildman–Crippen LogP) is 2.36. The number of hydrogen-bond donors (Lipinski definition) is 0. The van der Waals surface area contributed by atoms with Crippen molar-refractivity contribution in [3.05, 3.63) is 35.9 Å². The van der Waals surface area contributed by atoms with Crippen LogP contribution in [0.1, 0.15) is 31.2 Å². The largest absolute Gasteiger partial charge is 0.383 e. The van der Waals surface area contributed by atoms with Gasteiger partial charge in [0.05, 0.1) is 6.61 Å². The van der Waals surface area contributed by atoms with Crippen LogP contribution >= 0.6 is 0 Å². The summed E-state index contributed by atoms with van der Waals surface area (Å²) < 4.78 is 5.08. The normalized spacial score (nSPS) is 18.3. The standard InChI is InChI=1S/C18H28N2O2/c1-16(17-6-4-3-5-7-17)8-10-19-11-9-18(21)20(13-12-19)14-15-22-2/h3-7,16H,8-15H2,1-2H3/t16-/m1/s1. The second-order valence-electron chi connectivity index (χ2n) is 6.07. The lowest BCUT2D eigenvalue weighted by molar-refractivity contribution is -0.130. The molecule has 0 saturated carbocycles. The number of ether oxygens (including phenoxy) is 1. The summed E-state index contributed by atoms with van der Waals surface area (Å²) in [4.78, 5) is 16.4. The summed E-state index contributed by atoms with van der Waals surface area (Å²) in [6, 6.07) is 10.7. The SMILES string of the molecule is COCCN1CCN(CC[C@@H](C)c2ccccc2)CCC1=O. The van der Waals surface area contributed by atoms with Gasteiger partial charge in [0.15, 0.2) is 0 Å². The van der Waals surface area contributed by atoms with E-state index in [2.05, 4.69) is 42.2 Å². The molecule has 1 amide bonds. The first-order valence-electron chi connectivity index (χ1n) is 8.24. The van der Waals surface area contributed by atoms with Crippen molar-refractivity contribution >= 4 is 5.91 Å². The summed E-state index contributed by atoms with van der Waals surface area (Å²) in [5.41, 5.74) is 1.40. The van der Waals surface area contributed by atoms with E-state index in [1.807, 2.05) is 4.90 Å². The molecule has 22 heavy (non-hydrogen) atoms. The van der Waals surface area contributed by atoms with Gasteiger partial charge < -0.3 is 14.5 Å². The topological polar surface area (TPSA) is 32.8 Å². The molecule has 0 aromatic heterocycles. The van der Waals surface area contributed by atoms with Crippen molar-refractivity contribution in [3.8, 4) is 0 Å². The minimum atomic E-state index is 0.260. The molecule has 0 radical (unpaired) electrons. The Morgan fingerprint density at radius 1 is 1.14 bits per heavy atom. The molecular weight excluding hydrogens is 276 g/mol. The summed E-state index contributed by atoms with van der Waals surface area (Å²) >= 11 is 0. The summed E-state index contributed by atoms with van der Waals surface area (Å²) in [5, 5.41) is 0. The molecule has 0 unspecified atom stereocenters. The summed E-state index contributed by atoms with van der Waals surface area (Å²) in [6.45, 7) is 7.34. The second kappa shape index (κ2) is 8.91. The lowest BCUT2D eigenvalue weighted by Crippen LogP contribution is -2.35. The maximum Gasteiger partial charge on any atom is 0.223 e. The Morgan fingerprint density at radius 2 is 1.91 bits per heavy atom. The molecule has 1 heterocycles. The molecule has 1 aromatic rings. The first kappa shape index (κ1) is 17.0. The first-order chi connectivity index (χ1) is 10.7. The molecular formula is C18H28N2O2. The fraction of sp³-hybridized carbons (Fsp3) is 0.611. The van der Waals surface area contributed by atoms with E-state index in [1.54, 1.807) is 7.11 Å². The number of methoxy groups -OCH3 is 1. The average Bonchev–Trinajstić information content (AvgIpc) is 2.73. The van der Waals surface area contributed by atoms with Gasteiger partial charge in [-0.05, 0) is 24.4 Å². The van der Waals surface area contributed by atoms with E-state index >= 15 is 0 Å². The Hall–Kier alpha value is -1.39. The van der Waals surface area contributed by atoms with E-state index in [0.29, 0.717) is 25.5 Å². The van der Waals surface area contributed by atoms with Crippen LogP contribution in [0.4, 0.5) is 0 Å². The highest BCUT2D eigenvalue weighted by molar-refractivity contribution is 5.76. The van der Waals surface area contributed by atoms with E-state index in [4.69, 9.17) is 4.74 Å². The van der Waals surface area contributed by atoms with E-state index in [9.17, 15) is 4.79 Å². The number of carbonyl (C=O) groups is 1. The summed E-state index contributed by atoms with van der Waals surface area (Å²) in [7, 11) is 1.68. The van der Waals surface area contributed by atoms with Crippen LogP contribution in [-0.4, -0.2) is 62.1 Å². The van der Waals surface area contributed by atoms with Gasteiger partial charge in [-0.15, -0.1) is 0 Å². The third kappa shape index (κ3) is 5.11. The van der Waals surface area contributed by atoms with Crippen molar-refractivity contribution < 1.29 is 9.53 Å². The van der Waals surface area contributed by atoms with Gasteiger partial charge in [0.2, 0.25) is 5.91 Å². The lowest BCUT2D eigenvalue weighted by atomic mass is 9.98.